The van der Waals surface area contributed by atoms with Crippen LogP contribution in [0.2, 0.25) is 17.6 Å². The van der Waals surface area contributed by atoms with Crippen LogP contribution >= 0.6 is 0 Å². The number of benzene rings is 1. The van der Waals surface area contributed by atoms with Crippen molar-refractivity contribution in [2.24, 2.45) is 17.8 Å². The first-order valence-corrected chi connectivity index (χ1v) is 20.5. The van der Waals surface area contributed by atoms with E-state index in [0.29, 0.717) is 36.5 Å². The minimum absolute atomic E-state index is 0.0381. The monoisotopic (exact) mass is 642 g/mol. The predicted molar refractivity (Wildman–Crippen MR) is 190 cm³/mol. The maximum Gasteiger partial charge on any atom is 0.305 e. The molecule has 5 nitrogen and oxygen atoms in total. The van der Waals surface area contributed by atoms with Gasteiger partial charge in [-0.25, -0.2) is 0 Å². The predicted octanol–water partition coefficient (Wildman–Crippen LogP) is 9.79. The smallest absolute Gasteiger partial charge is 0.305 e. The SMILES string of the molecule is CCCCC(C)(O)C/C=C/C1C(O[Si](CCc2ccc(CC)cc2)(CC(C)C)C(C)C)CC(=O)C1CCCCCCC(=O)OC. The highest BCUT2D eigenvalue weighted by atomic mass is 28.4. The van der Waals surface area contributed by atoms with Gasteiger partial charge >= 0.3 is 5.97 Å². The lowest BCUT2D eigenvalue weighted by molar-refractivity contribution is -0.140. The molecule has 0 aliphatic heterocycles. The van der Waals surface area contributed by atoms with Gasteiger partial charge in [0.1, 0.15) is 5.78 Å². The van der Waals surface area contributed by atoms with E-state index in [9.17, 15) is 14.7 Å². The molecule has 0 amide bonds. The van der Waals surface area contributed by atoms with Crippen LogP contribution in [0.4, 0.5) is 0 Å². The van der Waals surface area contributed by atoms with Gasteiger partial charge in [0.05, 0.1) is 18.8 Å². The molecule has 5 unspecified atom stereocenters. The number of Topliss-reactive ketones (excluding diaryl/α,β-unsaturated/α-hetero) is 1. The van der Waals surface area contributed by atoms with Gasteiger partial charge in [-0.2, -0.15) is 0 Å². The van der Waals surface area contributed by atoms with Crippen LogP contribution in [0.15, 0.2) is 36.4 Å². The summed E-state index contributed by atoms with van der Waals surface area (Å²) in [6, 6.07) is 11.2. The lowest BCUT2D eigenvalue weighted by Gasteiger charge is -2.40. The highest BCUT2D eigenvalue weighted by Gasteiger charge is 2.47. The largest absolute Gasteiger partial charge is 0.469 e. The van der Waals surface area contributed by atoms with Crippen LogP contribution in [0.25, 0.3) is 0 Å². The summed E-state index contributed by atoms with van der Waals surface area (Å²) in [6.07, 6.45) is 15.3. The lowest BCUT2D eigenvalue weighted by Crippen LogP contribution is -2.47. The molecule has 0 radical (unpaired) electrons. The van der Waals surface area contributed by atoms with E-state index in [2.05, 4.69) is 78.0 Å². The van der Waals surface area contributed by atoms with E-state index >= 15 is 0 Å². The van der Waals surface area contributed by atoms with Gasteiger partial charge in [0.15, 0.2) is 8.32 Å². The highest BCUT2D eigenvalue weighted by molar-refractivity contribution is 6.75. The first kappa shape index (κ1) is 39.4. The van der Waals surface area contributed by atoms with Crippen LogP contribution in [-0.4, -0.2) is 44.0 Å². The van der Waals surface area contributed by atoms with E-state index in [-0.39, 0.29) is 23.9 Å². The zero-order chi connectivity index (χ0) is 33.5. The van der Waals surface area contributed by atoms with Crippen molar-refractivity contribution in [2.45, 2.75) is 161 Å². The lowest BCUT2D eigenvalue weighted by atomic mass is 9.87. The zero-order valence-corrected chi connectivity index (χ0v) is 31.0. The van der Waals surface area contributed by atoms with Crippen molar-refractivity contribution in [3.05, 3.63) is 47.5 Å². The molecule has 256 valence electrons. The van der Waals surface area contributed by atoms with Gasteiger partial charge < -0.3 is 14.3 Å². The average Bonchev–Trinajstić information content (AvgIpc) is 3.28. The minimum Gasteiger partial charge on any atom is -0.469 e. The van der Waals surface area contributed by atoms with Gasteiger partial charge in [-0.15, -0.1) is 0 Å². The summed E-state index contributed by atoms with van der Waals surface area (Å²) in [7, 11) is -0.807. The molecule has 1 aliphatic carbocycles. The summed E-state index contributed by atoms with van der Waals surface area (Å²) in [5.74, 6) is 0.691. The van der Waals surface area contributed by atoms with Crippen LogP contribution in [0, 0.1) is 17.8 Å². The fraction of sp³-hybridized carbons (Fsp3) is 0.744. The molecule has 0 heterocycles. The van der Waals surface area contributed by atoms with Crippen molar-refractivity contribution in [3.63, 3.8) is 0 Å². The molecule has 0 spiro atoms. The summed E-state index contributed by atoms with van der Waals surface area (Å²) in [4.78, 5) is 25.1. The molecule has 0 bridgehead atoms. The maximum absolute atomic E-state index is 13.7. The molecular formula is C39H66O5Si. The van der Waals surface area contributed by atoms with Crippen molar-refractivity contribution < 1.29 is 23.9 Å². The summed E-state index contributed by atoms with van der Waals surface area (Å²) < 4.78 is 12.2. The Morgan fingerprint density at radius 2 is 1.71 bits per heavy atom. The Hall–Kier alpha value is -1.76. The molecule has 1 aromatic carbocycles. The molecule has 1 aliphatic rings. The molecule has 45 heavy (non-hydrogen) atoms. The summed E-state index contributed by atoms with van der Waals surface area (Å²) in [5.41, 5.74) is 2.45. The van der Waals surface area contributed by atoms with E-state index in [0.717, 1.165) is 76.3 Å². The van der Waals surface area contributed by atoms with Gasteiger partial charge in [-0.05, 0) is 80.1 Å². The van der Waals surface area contributed by atoms with E-state index in [1.807, 2.05) is 6.92 Å². The Kier molecular flexibility index (Phi) is 17.3. The fourth-order valence-electron chi connectivity index (χ4n) is 7.08. The van der Waals surface area contributed by atoms with E-state index in [4.69, 9.17) is 9.16 Å². The molecule has 1 N–H and O–H groups in total. The third kappa shape index (κ3) is 13.5. The van der Waals surface area contributed by atoms with Gasteiger partial charge in [0.25, 0.3) is 0 Å². The van der Waals surface area contributed by atoms with Crippen molar-refractivity contribution in [3.8, 4) is 0 Å². The molecule has 0 aromatic heterocycles. The number of carbonyl (C=O) groups excluding carboxylic acids is 2. The van der Waals surface area contributed by atoms with Crippen LogP contribution < -0.4 is 0 Å². The third-order valence-electron chi connectivity index (χ3n) is 10.0. The Labute approximate surface area is 277 Å². The van der Waals surface area contributed by atoms with Crippen molar-refractivity contribution >= 4 is 20.1 Å². The molecular weight excluding hydrogens is 577 g/mol. The van der Waals surface area contributed by atoms with Crippen LogP contribution in [-0.2, 0) is 31.6 Å². The number of aryl methyl sites for hydroxylation is 2. The number of hydrogen-bond donors (Lipinski definition) is 1. The highest BCUT2D eigenvalue weighted by Crippen LogP contribution is 2.43. The second kappa shape index (κ2) is 19.8. The van der Waals surface area contributed by atoms with Gasteiger partial charge in [0, 0.05) is 24.7 Å². The van der Waals surface area contributed by atoms with Gasteiger partial charge in [0.2, 0.25) is 0 Å². The second-order valence-electron chi connectivity index (χ2n) is 14.8. The number of ketones is 1. The van der Waals surface area contributed by atoms with Crippen molar-refractivity contribution in [2.75, 3.05) is 7.11 Å². The van der Waals surface area contributed by atoms with Crippen LogP contribution in [0.5, 0.6) is 0 Å². The quantitative estimate of drug-likeness (QED) is 0.0590. The number of esters is 1. The van der Waals surface area contributed by atoms with Crippen LogP contribution in [0.3, 0.4) is 0 Å². The first-order valence-electron chi connectivity index (χ1n) is 18.1. The minimum atomic E-state index is -2.24. The van der Waals surface area contributed by atoms with E-state index < -0.39 is 13.9 Å². The number of ether oxygens (including phenoxy) is 1. The Balaban J connectivity index is 2.27. The molecule has 1 saturated carbocycles. The molecule has 6 heteroatoms. The summed E-state index contributed by atoms with van der Waals surface area (Å²) >= 11 is 0. The topological polar surface area (TPSA) is 72.8 Å². The van der Waals surface area contributed by atoms with Gasteiger partial charge in [-0.1, -0.05) is 110 Å². The average molecular weight is 643 g/mol. The van der Waals surface area contributed by atoms with Crippen molar-refractivity contribution in [1.82, 2.24) is 0 Å². The zero-order valence-electron chi connectivity index (χ0n) is 30.0. The number of unbranched alkanes of at least 4 members (excludes halogenated alkanes) is 4. The number of aliphatic hydroxyl groups is 1. The molecule has 0 saturated heterocycles. The molecule has 1 aromatic rings. The Morgan fingerprint density at radius 3 is 2.31 bits per heavy atom. The number of methoxy groups -OCH3 is 1. The summed E-state index contributed by atoms with van der Waals surface area (Å²) in [5, 5.41) is 11.0. The number of rotatable bonds is 22. The Bertz CT molecular complexity index is 1030. The number of hydrogen-bond acceptors (Lipinski definition) is 5. The van der Waals surface area contributed by atoms with Gasteiger partial charge in [-0.3, -0.25) is 9.59 Å². The molecule has 5 atom stereocenters. The van der Waals surface area contributed by atoms with E-state index in [1.165, 1.54) is 18.2 Å². The van der Waals surface area contributed by atoms with E-state index in [1.54, 1.807) is 0 Å². The third-order valence-corrected chi connectivity index (χ3v) is 15.5. The van der Waals surface area contributed by atoms with Crippen molar-refractivity contribution in [1.29, 1.82) is 0 Å². The van der Waals surface area contributed by atoms with Crippen LogP contribution in [0.1, 0.15) is 130 Å². The normalized spacial score (nSPS) is 21.5. The number of carbonyl (C=O) groups is 2. The summed E-state index contributed by atoms with van der Waals surface area (Å²) in [6.45, 7) is 15.6. The Morgan fingerprint density at radius 1 is 1.04 bits per heavy atom. The fourth-order valence-corrected chi connectivity index (χ4v) is 11.8. The molecule has 2 rings (SSSR count). The standard InChI is InChI=1S/C39H66O5Si/c1-9-11-25-39(7,42)26-16-18-35-34(17-14-12-13-15-19-38(41)43-8)36(40)28-37(35)44-45(31(5)6,29-30(3)4)27-24-33-22-20-32(10-2)21-23-33/h16,18,20-23,30-31,34-35,37,42H,9-15,17,19,24-29H2,1-8H3/b18-16+. The first-order chi connectivity index (χ1) is 21.4. The second-order valence-corrected chi connectivity index (χ2v) is 19.2. The maximum atomic E-state index is 13.7. The molecule has 1 fully saturated rings.